The molecule has 1 amide bonds. The molecule has 1 saturated carbocycles. The third-order valence-electron chi connectivity index (χ3n) is 2.80. The highest BCUT2D eigenvalue weighted by atomic mass is 16.5. The molecule has 86 valence electrons. The Morgan fingerprint density at radius 1 is 1.40 bits per heavy atom. The summed E-state index contributed by atoms with van der Waals surface area (Å²) in [5.74, 6) is 0.569. The second kappa shape index (κ2) is 6.62. The zero-order chi connectivity index (χ0) is 11.1. The largest absolute Gasteiger partial charge is 0.361 e. The first-order valence-corrected chi connectivity index (χ1v) is 5.71. The molecule has 0 spiro atoms. The summed E-state index contributed by atoms with van der Waals surface area (Å²) in [4.78, 5) is 11.1. The predicted molar refractivity (Wildman–Crippen MR) is 60.4 cm³/mol. The zero-order valence-electron chi connectivity index (χ0n) is 9.55. The van der Waals surface area contributed by atoms with Crippen LogP contribution < -0.4 is 5.32 Å². The van der Waals surface area contributed by atoms with E-state index in [4.69, 9.17) is 4.74 Å². The fourth-order valence-electron chi connectivity index (χ4n) is 1.85. The zero-order valence-corrected chi connectivity index (χ0v) is 9.55. The molecule has 15 heavy (non-hydrogen) atoms. The van der Waals surface area contributed by atoms with Crippen LogP contribution in [-0.4, -0.2) is 19.2 Å². The van der Waals surface area contributed by atoms with E-state index < -0.39 is 0 Å². The molecule has 0 bridgehead atoms. The van der Waals surface area contributed by atoms with Gasteiger partial charge in [0.1, 0.15) is 6.73 Å². The van der Waals surface area contributed by atoms with Crippen molar-refractivity contribution in [1.29, 1.82) is 0 Å². The van der Waals surface area contributed by atoms with E-state index in [9.17, 15) is 4.79 Å². The fourth-order valence-corrected chi connectivity index (χ4v) is 1.85. The Kier molecular flexibility index (Phi) is 5.40. The molecule has 1 aliphatic rings. The molecule has 3 heteroatoms. The van der Waals surface area contributed by atoms with Gasteiger partial charge in [0.05, 0.1) is 6.61 Å². The van der Waals surface area contributed by atoms with Gasteiger partial charge >= 0.3 is 0 Å². The number of nitrogens with one attached hydrogen (secondary N) is 1. The van der Waals surface area contributed by atoms with Crippen molar-refractivity contribution in [3.05, 3.63) is 12.2 Å². The molecule has 1 aliphatic carbocycles. The molecule has 0 saturated heterocycles. The minimum Gasteiger partial charge on any atom is -0.361 e. The maximum atomic E-state index is 11.1. The fraction of sp³-hybridized carbons (Fsp3) is 0.750. The summed E-state index contributed by atoms with van der Waals surface area (Å²) >= 11 is 0. The van der Waals surface area contributed by atoms with Crippen LogP contribution in [0.5, 0.6) is 0 Å². The lowest BCUT2D eigenvalue weighted by molar-refractivity contribution is -0.119. The molecule has 0 aromatic rings. The molecule has 0 radical (unpaired) electrons. The lowest BCUT2D eigenvalue weighted by Gasteiger charge is -2.21. The van der Waals surface area contributed by atoms with Crippen molar-refractivity contribution in [3.8, 4) is 0 Å². The smallest absolute Gasteiger partial charge is 0.248 e. The van der Waals surface area contributed by atoms with Gasteiger partial charge in [-0.25, -0.2) is 0 Å². The van der Waals surface area contributed by atoms with Gasteiger partial charge in [-0.3, -0.25) is 4.79 Å². The summed E-state index contributed by atoms with van der Waals surface area (Å²) in [5.41, 5.74) is 0.524. The standard InChI is InChI=1S/C12H21NO2/c1-10(2)12(14)13-9-15-8-11-6-4-3-5-7-11/h11H,1,3-9H2,2H3,(H,13,14). The van der Waals surface area contributed by atoms with E-state index >= 15 is 0 Å². The van der Waals surface area contributed by atoms with E-state index in [0.717, 1.165) is 6.61 Å². The molecule has 0 unspecified atom stereocenters. The minimum absolute atomic E-state index is 0.126. The summed E-state index contributed by atoms with van der Waals surface area (Å²) in [5, 5.41) is 2.66. The monoisotopic (exact) mass is 211 g/mol. The highest BCUT2D eigenvalue weighted by Crippen LogP contribution is 2.23. The molecule has 1 fully saturated rings. The third kappa shape index (κ3) is 4.98. The Bertz CT molecular complexity index is 220. The average molecular weight is 211 g/mol. The van der Waals surface area contributed by atoms with Gasteiger partial charge in [0, 0.05) is 5.57 Å². The maximum absolute atomic E-state index is 11.1. The Morgan fingerprint density at radius 2 is 2.07 bits per heavy atom. The first-order chi connectivity index (χ1) is 7.20. The maximum Gasteiger partial charge on any atom is 0.248 e. The Hall–Kier alpha value is -0.830. The second-order valence-corrected chi connectivity index (χ2v) is 4.31. The Labute approximate surface area is 91.9 Å². The molecule has 0 aromatic heterocycles. The SMILES string of the molecule is C=C(C)C(=O)NCOCC1CCCCC1. The molecule has 0 atom stereocenters. The normalized spacial score (nSPS) is 17.4. The molecule has 0 aromatic carbocycles. The summed E-state index contributed by atoms with van der Waals surface area (Å²) in [6, 6.07) is 0. The van der Waals surface area contributed by atoms with Crippen molar-refractivity contribution in [3.63, 3.8) is 0 Å². The lowest BCUT2D eigenvalue weighted by Crippen LogP contribution is -2.28. The molecule has 1 rings (SSSR count). The summed E-state index contributed by atoms with van der Waals surface area (Å²) in [6.45, 7) is 6.33. The predicted octanol–water partition coefficient (Wildman–Crippen LogP) is 2.23. The van der Waals surface area contributed by atoms with Crippen LogP contribution in [0.15, 0.2) is 12.2 Å². The van der Waals surface area contributed by atoms with E-state index in [0.29, 0.717) is 18.2 Å². The van der Waals surface area contributed by atoms with Gasteiger partial charge in [0.15, 0.2) is 0 Å². The highest BCUT2D eigenvalue weighted by molar-refractivity contribution is 5.91. The van der Waals surface area contributed by atoms with E-state index in [1.807, 2.05) is 0 Å². The van der Waals surface area contributed by atoms with Crippen LogP contribution in [0.3, 0.4) is 0 Å². The van der Waals surface area contributed by atoms with Gasteiger partial charge in [0.2, 0.25) is 5.91 Å². The average Bonchev–Trinajstić information content (AvgIpc) is 2.25. The van der Waals surface area contributed by atoms with Crippen LogP contribution in [0.1, 0.15) is 39.0 Å². The third-order valence-corrected chi connectivity index (χ3v) is 2.80. The molecule has 1 N–H and O–H groups in total. The molecule has 0 aliphatic heterocycles. The molecular weight excluding hydrogens is 190 g/mol. The Morgan fingerprint density at radius 3 is 2.67 bits per heavy atom. The first-order valence-electron chi connectivity index (χ1n) is 5.71. The van der Waals surface area contributed by atoms with E-state index in [-0.39, 0.29) is 5.91 Å². The number of ether oxygens (including phenoxy) is 1. The van der Waals surface area contributed by atoms with Gasteiger partial charge in [-0.2, -0.15) is 0 Å². The van der Waals surface area contributed by atoms with Crippen molar-refractivity contribution in [1.82, 2.24) is 5.32 Å². The van der Waals surface area contributed by atoms with Crippen molar-refractivity contribution in [2.45, 2.75) is 39.0 Å². The highest BCUT2D eigenvalue weighted by Gasteiger charge is 2.13. The number of rotatable bonds is 5. The number of carbonyl (C=O) groups excluding carboxylic acids is 1. The second-order valence-electron chi connectivity index (χ2n) is 4.31. The van der Waals surface area contributed by atoms with Crippen molar-refractivity contribution < 1.29 is 9.53 Å². The quantitative estimate of drug-likeness (QED) is 0.430. The molecular formula is C12H21NO2. The van der Waals surface area contributed by atoms with Crippen molar-refractivity contribution in [2.24, 2.45) is 5.92 Å². The van der Waals surface area contributed by atoms with Crippen LogP contribution in [0.25, 0.3) is 0 Å². The summed E-state index contributed by atoms with van der Waals surface area (Å²) in [7, 11) is 0. The number of amides is 1. The van der Waals surface area contributed by atoms with E-state index in [1.54, 1.807) is 6.92 Å². The van der Waals surface area contributed by atoms with E-state index in [2.05, 4.69) is 11.9 Å². The van der Waals surface area contributed by atoms with Gasteiger partial charge in [-0.05, 0) is 25.7 Å². The van der Waals surface area contributed by atoms with Gasteiger partial charge < -0.3 is 10.1 Å². The summed E-state index contributed by atoms with van der Waals surface area (Å²) < 4.78 is 5.42. The van der Waals surface area contributed by atoms with Gasteiger partial charge in [-0.15, -0.1) is 0 Å². The number of carbonyl (C=O) groups is 1. The van der Waals surface area contributed by atoms with Crippen molar-refractivity contribution in [2.75, 3.05) is 13.3 Å². The topological polar surface area (TPSA) is 38.3 Å². The first kappa shape index (κ1) is 12.2. The van der Waals surface area contributed by atoms with Crippen molar-refractivity contribution >= 4 is 5.91 Å². The van der Waals surface area contributed by atoms with Crippen LogP contribution in [-0.2, 0) is 9.53 Å². The number of hydrogen-bond acceptors (Lipinski definition) is 2. The molecule has 3 nitrogen and oxygen atoms in total. The van der Waals surface area contributed by atoms with Gasteiger partial charge in [-0.1, -0.05) is 25.8 Å². The summed E-state index contributed by atoms with van der Waals surface area (Å²) in [6.07, 6.45) is 6.56. The Balaban J connectivity index is 2.01. The molecule has 0 heterocycles. The van der Waals surface area contributed by atoms with Crippen LogP contribution in [0.4, 0.5) is 0 Å². The number of hydrogen-bond donors (Lipinski definition) is 1. The van der Waals surface area contributed by atoms with Gasteiger partial charge in [0.25, 0.3) is 0 Å². The van der Waals surface area contributed by atoms with Crippen LogP contribution >= 0.6 is 0 Å². The lowest BCUT2D eigenvalue weighted by atomic mass is 9.90. The van der Waals surface area contributed by atoms with Crippen LogP contribution in [0, 0.1) is 5.92 Å². The van der Waals surface area contributed by atoms with E-state index in [1.165, 1.54) is 32.1 Å². The minimum atomic E-state index is -0.126. The van der Waals surface area contributed by atoms with Crippen LogP contribution in [0.2, 0.25) is 0 Å².